The van der Waals surface area contributed by atoms with Gasteiger partial charge >= 0.3 is 0 Å². The molecule has 1 unspecified atom stereocenters. The number of aliphatic hydroxyl groups is 1. The van der Waals surface area contributed by atoms with Crippen LogP contribution < -0.4 is 0 Å². The first kappa shape index (κ1) is 18.0. The lowest BCUT2D eigenvalue weighted by Crippen LogP contribution is -2.51. The maximum absolute atomic E-state index is 13.0. The number of aryl methyl sites for hydroxylation is 1. The fourth-order valence-electron chi connectivity index (χ4n) is 4.58. The van der Waals surface area contributed by atoms with Crippen LogP contribution >= 0.6 is 0 Å². The number of rotatable bonds is 4. The minimum absolute atomic E-state index is 0.0164. The number of imidazole rings is 1. The number of aliphatic hydroxyl groups excluding tert-OH is 1. The van der Waals surface area contributed by atoms with Gasteiger partial charge in [-0.25, -0.2) is 4.98 Å². The van der Waals surface area contributed by atoms with E-state index in [0.717, 1.165) is 29.7 Å². The molecule has 0 saturated carbocycles. The number of aromatic nitrogens is 2. The van der Waals surface area contributed by atoms with Gasteiger partial charge in [0.15, 0.2) is 0 Å². The molecule has 3 heterocycles. The molecule has 7 nitrogen and oxygen atoms in total. The summed E-state index contributed by atoms with van der Waals surface area (Å²) in [5.41, 5.74) is 1.39. The topological polar surface area (TPSA) is 78.7 Å². The van der Waals surface area contributed by atoms with Crippen molar-refractivity contribution in [1.82, 2.24) is 19.4 Å². The second kappa shape index (κ2) is 6.96. The smallest absolute Gasteiger partial charge is 0.242 e. The van der Waals surface area contributed by atoms with Crippen LogP contribution in [0.4, 0.5) is 0 Å². The van der Waals surface area contributed by atoms with Gasteiger partial charge in [-0.1, -0.05) is 12.1 Å². The molecule has 27 heavy (non-hydrogen) atoms. The molecule has 1 aromatic heterocycles. The zero-order chi connectivity index (χ0) is 19.0. The molecule has 4 rings (SSSR count). The Morgan fingerprint density at radius 2 is 2.07 bits per heavy atom. The van der Waals surface area contributed by atoms with Gasteiger partial charge in [-0.05, 0) is 38.3 Å². The number of likely N-dealkylation sites (tertiary alicyclic amines) is 2. The average molecular weight is 370 g/mol. The zero-order valence-corrected chi connectivity index (χ0v) is 15.7. The van der Waals surface area contributed by atoms with E-state index < -0.39 is 5.41 Å². The molecule has 2 aromatic rings. The number of carbonyl (C=O) groups excluding carboxylic acids is 2. The van der Waals surface area contributed by atoms with Crippen LogP contribution in [-0.2, 0) is 16.1 Å². The van der Waals surface area contributed by atoms with Gasteiger partial charge in [0.2, 0.25) is 11.8 Å². The molecule has 2 saturated heterocycles. The van der Waals surface area contributed by atoms with E-state index in [1.54, 1.807) is 4.90 Å². The van der Waals surface area contributed by atoms with Crippen molar-refractivity contribution in [3.05, 3.63) is 30.1 Å². The SMILES string of the molecule is Cc1nc2ccccc2n1CC(=O)N1CCC2(CCCN(CCO)C2=O)C1. The van der Waals surface area contributed by atoms with Crippen LogP contribution in [0.2, 0.25) is 0 Å². The molecule has 144 valence electrons. The number of para-hydroxylation sites is 2. The number of hydrogen-bond acceptors (Lipinski definition) is 4. The fraction of sp³-hybridized carbons (Fsp3) is 0.550. The van der Waals surface area contributed by atoms with Crippen molar-refractivity contribution < 1.29 is 14.7 Å². The molecule has 0 aliphatic carbocycles. The summed E-state index contributed by atoms with van der Waals surface area (Å²) < 4.78 is 1.95. The third-order valence-electron chi connectivity index (χ3n) is 6.04. The second-order valence-electron chi connectivity index (χ2n) is 7.70. The van der Waals surface area contributed by atoms with Gasteiger partial charge in [0.05, 0.1) is 23.1 Å². The molecular weight excluding hydrogens is 344 g/mol. The summed E-state index contributed by atoms with van der Waals surface area (Å²) in [4.78, 5) is 34.0. The normalized spacial score (nSPS) is 23.0. The summed E-state index contributed by atoms with van der Waals surface area (Å²) >= 11 is 0. The average Bonchev–Trinajstić information content (AvgIpc) is 3.22. The quantitative estimate of drug-likeness (QED) is 0.877. The third-order valence-corrected chi connectivity index (χ3v) is 6.04. The molecule has 0 radical (unpaired) electrons. The standard InChI is InChI=1S/C20H26N4O3/c1-15-21-16-5-2-3-6-17(16)24(15)13-18(26)23-10-8-20(14-23)7-4-9-22(11-12-25)19(20)27/h2-3,5-6,25H,4,7-14H2,1H3. The largest absolute Gasteiger partial charge is 0.395 e. The molecule has 2 fully saturated rings. The van der Waals surface area contributed by atoms with Crippen molar-refractivity contribution in [2.24, 2.45) is 5.41 Å². The summed E-state index contributed by atoms with van der Waals surface area (Å²) in [5.74, 6) is 0.953. The van der Waals surface area contributed by atoms with E-state index >= 15 is 0 Å². The number of hydrogen-bond donors (Lipinski definition) is 1. The Morgan fingerprint density at radius 1 is 1.26 bits per heavy atom. The molecule has 2 aliphatic rings. The fourth-order valence-corrected chi connectivity index (χ4v) is 4.58. The summed E-state index contributed by atoms with van der Waals surface area (Å²) in [5, 5.41) is 9.20. The highest BCUT2D eigenvalue weighted by Crippen LogP contribution is 2.40. The van der Waals surface area contributed by atoms with Crippen LogP contribution in [0.3, 0.4) is 0 Å². The Morgan fingerprint density at radius 3 is 2.89 bits per heavy atom. The van der Waals surface area contributed by atoms with Crippen LogP contribution in [0.1, 0.15) is 25.1 Å². The van der Waals surface area contributed by atoms with E-state index in [1.165, 1.54) is 0 Å². The number of amides is 2. The molecule has 1 N–H and O–H groups in total. The van der Waals surface area contributed by atoms with E-state index in [0.29, 0.717) is 32.6 Å². The summed E-state index contributed by atoms with van der Waals surface area (Å²) in [6.45, 7) is 4.33. The second-order valence-corrected chi connectivity index (χ2v) is 7.70. The van der Waals surface area contributed by atoms with E-state index in [9.17, 15) is 14.7 Å². The van der Waals surface area contributed by atoms with Crippen LogP contribution in [0.15, 0.2) is 24.3 Å². The van der Waals surface area contributed by atoms with Gasteiger partial charge in [0.25, 0.3) is 0 Å². The first-order valence-corrected chi connectivity index (χ1v) is 9.64. The number of nitrogens with zero attached hydrogens (tertiary/aromatic N) is 4. The maximum atomic E-state index is 13.0. The molecule has 1 atom stereocenters. The lowest BCUT2D eigenvalue weighted by Gasteiger charge is -2.39. The van der Waals surface area contributed by atoms with Crippen molar-refractivity contribution >= 4 is 22.8 Å². The third kappa shape index (κ3) is 3.10. The van der Waals surface area contributed by atoms with E-state index in [1.807, 2.05) is 40.7 Å². The highest BCUT2D eigenvalue weighted by atomic mass is 16.3. The first-order chi connectivity index (χ1) is 13.0. The lowest BCUT2D eigenvalue weighted by molar-refractivity contribution is -0.146. The van der Waals surface area contributed by atoms with Gasteiger partial charge in [0.1, 0.15) is 12.4 Å². The molecular formula is C20H26N4O3. The predicted molar refractivity (Wildman–Crippen MR) is 101 cm³/mol. The minimum atomic E-state index is -0.463. The zero-order valence-electron chi connectivity index (χ0n) is 15.7. The summed E-state index contributed by atoms with van der Waals surface area (Å²) in [7, 11) is 0. The molecule has 0 bridgehead atoms. The van der Waals surface area contributed by atoms with Gasteiger partial charge in [-0.2, -0.15) is 0 Å². The number of benzene rings is 1. The summed E-state index contributed by atoms with van der Waals surface area (Å²) in [6.07, 6.45) is 2.47. The Kier molecular flexibility index (Phi) is 4.63. The van der Waals surface area contributed by atoms with E-state index in [-0.39, 0.29) is 25.0 Å². The Hall–Kier alpha value is -2.41. The highest BCUT2D eigenvalue weighted by Gasteiger charge is 2.49. The Bertz CT molecular complexity index is 875. The van der Waals surface area contributed by atoms with Crippen molar-refractivity contribution in [3.63, 3.8) is 0 Å². The van der Waals surface area contributed by atoms with Crippen molar-refractivity contribution in [2.75, 3.05) is 32.8 Å². The van der Waals surface area contributed by atoms with Crippen LogP contribution in [-0.4, -0.2) is 69.1 Å². The van der Waals surface area contributed by atoms with Crippen molar-refractivity contribution in [2.45, 2.75) is 32.7 Å². The molecule has 1 aromatic carbocycles. The molecule has 1 spiro atoms. The van der Waals surface area contributed by atoms with Crippen LogP contribution in [0, 0.1) is 12.3 Å². The van der Waals surface area contributed by atoms with Crippen LogP contribution in [0.25, 0.3) is 11.0 Å². The van der Waals surface area contributed by atoms with Gasteiger partial charge in [-0.15, -0.1) is 0 Å². The monoisotopic (exact) mass is 370 g/mol. The lowest BCUT2D eigenvalue weighted by atomic mass is 9.78. The Labute approximate surface area is 158 Å². The minimum Gasteiger partial charge on any atom is -0.395 e. The number of β-amino-alcohol motifs (C(OH)–C–C–N with tert-alkyl or cyclic N) is 1. The van der Waals surface area contributed by atoms with Crippen molar-refractivity contribution in [1.29, 1.82) is 0 Å². The van der Waals surface area contributed by atoms with Crippen LogP contribution in [0.5, 0.6) is 0 Å². The summed E-state index contributed by atoms with van der Waals surface area (Å²) in [6, 6.07) is 7.82. The predicted octanol–water partition coefficient (Wildman–Crippen LogP) is 1.18. The van der Waals surface area contributed by atoms with E-state index in [4.69, 9.17) is 0 Å². The first-order valence-electron chi connectivity index (χ1n) is 9.64. The number of fused-ring (bicyclic) bond motifs is 1. The number of carbonyl (C=O) groups is 2. The van der Waals surface area contributed by atoms with Gasteiger partial charge in [-0.3, -0.25) is 9.59 Å². The molecule has 2 amide bonds. The van der Waals surface area contributed by atoms with Gasteiger partial charge in [0, 0.05) is 26.2 Å². The highest BCUT2D eigenvalue weighted by molar-refractivity contribution is 5.86. The number of piperidine rings is 1. The van der Waals surface area contributed by atoms with Gasteiger partial charge < -0.3 is 19.5 Å². The maximum Gasteiger partial charge on any atom is 0.242 e. The van der Waals surface area contributed by atoms with Crippen molar-refractivity contribution in [3.8, 4) is 0 Å². The molecule has 2 aliphatic heterocycles. The van der Waals surface area contributed by atoms with E-state index in [2.05, 4.69) is 4.98 Å². The Balaban J connectivity index is 1.49. The molecule has 7 heteroatoms.